The summed E-state index contributed by atoms with van der Waals surface area (Å²) in [5, 5.41) is 9.94. The van der Waals surface area contributed by atoms with Crippen LogP contribution in [-0.4, -0.2) is 18.5 Å². The first-order valence-corrected chi connectivity index (χ1v) is 7.43. The van der Waals surface area contributed by atoms with Gasteiger partial charge in [-0.05, 0) is 42.3 Å². The number of allylic oxidation sites excluding steroid dienone is 1. The van der Waals surface area contributed by atoms with E-state index < -0.39 is 11.7 Å². The predicted molar refractivity (Wildman–Crippen MR) is 93.1 cm³/mol. The van der Waals surface area contributed by atoms with E-state index in [0.717, 1.165) is 14.0 Å². The van der Waals surface area contributed by atoms with Crippen molar-refractivity contribution in [2.45, 2.75) is 19.3 Å². The van der Waals surface area contributed by atoms with Crippen LogP contribution in [0.15, 0.2) is 49.1 Å². The number of alkyl halides is 2. The van der Waals surface area contributed by atoms with Crippen LogP contribution in [0.1, 0.15) is 28.4 Å². The first-order chi connectivity index (χ1) is 11.8. The lowest BCUT2D eigenvalue weighted by molar-refractivity contribution is 0.0175. The molecule has 0 bridgehead atoms. The van der Waals surface area contributed by atoms with Gasteiger partial charge in [-0.15, -0.1) is 6.58 Å². The average Bonchev–Trinajstić information content (AvgIpc) is 2.58. The Morgan fingerprint density at radius 2 is 1.84 bits per heavy atom. The Bertz CT molecular complexity index is 740. The van der Waals surface area contributed by atoms with Gasteiger partial charge in [0.1, 0.15) is 5.82 Å². The van der Waals surface area contributed by atoms with Crippen molar-refractivity contribution in [2.24, 2.45) is 0 Å². The normalized spacial score (nSPS) is 10.5. The number of hydrogen-bond acceptors (Lipinski definition) is 3. The lowest BCUT2D eigenvalue weighted by Crippen LogP contribution is -2.08. The highest BCUT2D eigenvalue weighted by molar-refractivity contribution is 5.86. The molecule has 2 N–H and O–H groups in total. The van der Waals surface area contributed by atoms with Crippen molar-refractivity contribution in [3.8, 4) is 0 Å². The lowest BCUT2D eigenvalue weighted by atomic mass is 10.0. The minimum absolute atomic E-state index is 0.210. The fourth-order valence-electron chi connectivity index (χ4n) is 2.19. The maximum absolute atomic E-state index is 13.5. The maximum atomic E-state index is 13.5. The van der Waals surface area contributed by atoms with Gasteiger partial charge in [-0.2, -0.15) is 0 Å². The van der Waals surface area contributed by atoms with Crippen LogP contribution in [0, 0.1) is 5.82 Å². The van der Waals surface area contributed by atoms with Crippen molar-refractivity contribution in [3.63, 3.8) is 0 Å². The molecular formula is C19H20F3NO2. The van der Waals surface area contributed by atoms with Gasteiger partial charge < -0.3 is 10.4 Å². The molecule has 0 aromatic heterocycles. The number of nitrogens with one attached hydrogen (secondary N) is 1. The molecular weight excluding hydrogens is 331 g/mol. The van der Waals surface area contributed by atoms with Crippen molar-refractivity contribution < 1.29 is 23.1 Å². The zero-order valence-electron chi connectivity index (χ0n) is 14.0. The maximum Gasteiger partial charge on any atom is 0.270 e. The first-order valence-electron chi connectivity index (χ1n) is 7.43. The van der Waals surface area contributed by atoms with Crippen molar-refractivity contribution >= 4 is 17.7 Å². The first kappa shape index (κ1) is 20.4. The average molecular weight is 351 g/mol. The monoisotopic (exact) mass is 351 g/mol. The van der Waals surface area contributed by atoms with Crippen molar-refractivity contribution in [1.82, 2.24) is 0 Å². The summed E-state index contributed by atoms with van der Waals surface area (Å²) in [6.45, 7) is 4.39. The van der Waals surface area contributed by atoms with Gasteiger partial charge in [-0.3, -0.25) is 4.79 Å². The van der Waals surface area contributed by atoms with Gasteiger partial charge in [0.25, 0.3) is 5.92 Å². The number of aldehydes is 1. The van der Waals surface area contributed by atoms with Crippen LogP contribution in [-0.2, 0) is 12.3 Å². The molecule has 0 atom stereocenters. The van der Waals surface area contributed by atoms with E-state index in [1.807, 2.05) is 0 Å². The smallest absolute Gasteiger partial charge is 0.270 e. The van der Waals surface area contributed by atoms with E-state index >= 15 is 0 Å². The number of anilines is 2. The van der Waals surface area contributed by atoms with E-state index in [9.17, 15) is 18.0 Å². The predicted octanol–water partition coefficient (Wildman–Crippen LogP) is 4.83. The fourth-order valence-corrected chi connectivity index (χ4v) is 2.19. The summed E-state index contributed by atoms with van der Waals surface area (Å²) < 4.78 is 40.3. The van der Waals surface area contributed by atoms with E-state index in [4.69, 9.17) is 5.11 Å². The highest BCUT2D eigenvalue weighted by Crippen LogP contribution is 2.32. The Balaban J connectivity index is 0.00000151. The molecule has 0 aliphatic carbocycles. The fraction of sp³-hybridized carbons (Fsp3) is 0.211. The third-order valence-electron chi connectivity index (χ3n) is 3.39. The van der Waals surface area contributed by atoms with Gasteiger partial charge in [0, 0.05) is 36.5 Å². The number of rotatable bonds is 6. The Kier molecular flexibility index (Phi) is 7.39. The van der Waals surface area contributed by atoms with Crippen LogP contribution in [0.5, 0.6) is 0 Å². The van der Waals surface area contributed by atoms with E-state index in [1.54, 1.807) is 6.08 Å². The molecule has 3 nitrogen and oxygen atoms in total. The molecule has 0 aliphatic rings. The van der Waals surface area contributed by atoms with Crippen LogP contribution in [0.2, 0.25) is 0 Å². The second-order valence-corrected chi connectivity index (χ2v) is 5.23. The summed E-state index contributed by atoms with van der Waals surface area (Å²) in [6.07, 6.45) is 2.59. The molecule has 0 aliphatic heterocycles. The zero-order valence-corrected chi connectivity index (χ0v) is 14.0. The number of halogens is 3. The minimum atomic E-state index is -3.02. The molecule has 2 aromatic rings. The van der Waals surface area contributed by atoms with Crippen molar-refractivity contribution in [1.29, 1.82) is 0 Å². The summed E-state index contributed by atoms with van der Waals surface area (Å²) in [5.41, 5.74) is 1.43. The Labute approximate surface area is 144 Å². The molecule has 0 spiro atoms. The topological polar surface area (TPSA) is 49.3 Å². The Morgan fingerprint density at radius 3 is 2.40 bits per heavy atom. The highest BCUT2D eigenvalue weighted by Gasteiger charge is 2.25. The molecule has 6 heteroatoms. The molecule has 0 unspecified atom stereocenters. The van der Waals surface area contributed by atoms with Gasteiger partial charge in [0.2, 0.25) is 0 Å². The van der Waals surface area contributed by atoms with Gasteiger partial charge in [-0.25, -0.2) is 13.2 Å². The third kappa shape index (κ3) is 5.46. The van der Waals surface area contributed by atoms with Crippen LogP contribution in [0.3, 0.4) is 0 Å². The molecule has 0 heterocycles. The number of aliphatic hydroxyl groups is 1. The molecule has 25 heavy (non-hydrogen) atoms. The molecule has 2 rings (SSSR count). The SMILES string of the molecule is C=CCc1cc(F)ccc1Nc1cc(C(C)(F)F)ccc1C=O.CO. The van der Waals surface area contributed by atoms with Crippen LogP contribution < -0.4 is 5.32 Å². The number of aliphatic hydroxyl groups excluding tert-OH is 1. The number of carbonyl (C=O) groups is 1. The molecule has 2 aromatic carbocycles. The van der Waals surface area contributed by atoms with Gasteiger partial charge in [0.05, 0.1) is 0 Å². The summed E-state index contributed by atoms with van der Waals surface area (Å²) >= 11 is 0. The molecule has 0 fully saturated rings. The zero-order chi connectivity index (χ0) is 19.0. The Morgan fingerprint density at radius 1 is 1.16 bits per heavy atom. The Hall–Kier alpha value is -2.60. The molecule has 0 saturated carbocycles. The lowest BCUT2D eigenvalue weighted by Gasteiger charge is -2.16. The summed E-state index contributed by atoms with van der Waals surface area (Å²) in [6, 6.07) is 7.87. The second kappa shape index (κ2) is 9.03. The van der Waals surface area contributed by atoms with E-state index in [0.29, 0.717) is 24.0 Å². The largest absolute Gasteiger partial charge is 0.400 e. The van der Waals surface area contributed by atoms with Gasteiger partial charge >= 0.3 is 0 Å². The number of hydrogen-bond donors (Lipinski definition) is 2. The standard InChI is InChI=1S/C18H16F3NO.CH4O/c1-3-4-12-9-15(19)7-8-16(12)22-17-10-14(18(2,20)21)6-5-13(17)11-23;1-2/h3,5-11,22H,1,4H2,2H3;2H,1H3. The minimum Gasteiger partial charge on any atom is -0.400 e. The molecule has 134 valence electrons. The second-order valence-electron chi connectivity index (χ2n) is 5.23. The summed E-state index contributed by atoms with van der Waals surface area (Å²) in [7, 11) is 1.00. The molecule has 0 amide bonds. The van der Waals surface area contributed by atoms with E-state index in [1.165, 1.54) is 36.4 Å². The highest BCUT2D eigenvalue weighted by atomic mass is 19.3. The van der Waals surface area contributed by atoms with Crippen LogP contribution in [0.4, 0.5) is 24.5 Å². The molecule has 0 radical (unpaired) electrons. The third-order valence-corrected chi connectivity index (χ3v) is 3.39. The van der Waals surface area contributed by atoms with Crippen LogP contribution in [0.25, 0.3) is 0 Å². The number of benzene rings is 2. The van der Waals surface area contributed by atoms with Crippen molar-refractivity contribution in [3.05, 3.63) is 71.6 Å². The van der Waals surface area contributed by atoms with Gasteiger partial charge in [-0.1, -0.05) is 12.1 Å². The van der Waals surface area contributed by atoms with E-state index in [-0.39, 0.29) is 16.8 Å². The van der Waals surface area contributed by atoms with Crippen molar-refractivity contribution in [2.75, 3.05) is 12.4 Å². The van der Waals surface area contributed by atoms with E-state index in [2.05, 4.69) is 11.9 Å². The summed E-state index contributed by atoms with van der Waals surface area (Å²) in [4.78, 5) is 11.1. The van der Waals surface area contributed by atoms with Crippen LogP contribution >= 0.6 is 0 Å². The van der Waals surface area contributed by atoms with Gasteiger partial charge in [0.15, 0.2) is 6.29 Å². The quantitative estimate of drug-likeness (QED) is 0.579. The summed E-state index contributed by atoms with van der Waals surface area (Å²) in [5.74, 6) is -3.43. The molecule has 0 saturated heterocycles. The number of carbonyl (C=O) groups excluding carboxylic acids is 1.